The van der Waals surface area contributed by atoms with Crippen LogP contribution in [0.4, 0.5) is 9.18 Å². The second kappa shape index (κ2) is 7.84. The molecular weight excluding hydrogens is 335 g/mol. The number of halogens is 1. The van der Waals surface area contributed by atoms with Gasteiger partial charge in [-0.15, -0.1) is 0 Å². The molecule has 0 aliphatic rings. The lowest BCUT2D eigenvalue weighted by molar-refractivity contribution is 0.173. The summed E-state index contributed by atoms with van der Waals surface area (Å²) in [4.78, 5) is 11.8. The minimum Gasteiger partial charge on any atom is -0.505 e. The molecule has 134 valence electrons. The van der Waals surface area contributed by atoms with Crippen LogP contribution >= 0.6 is 0 Å². The van der Waals surface area contributed by atoms with Crippen LogP contribution < -0.4 is 10.6 Å². The van der Waals surface area contributed by atoms with E-state index >= 15 is 0 Å². The number of rotatable bonds is 5. The van der Waals surface area contributed by atoms with E-state index in [1.54, 1.807) is 0 Å². The van der Waals surface area contributed by atoms with Gasteiger partial charge in [0, 0.05) is 13.1 Å². The lowest BCUT2D eigenvalue weighted by Gasteiger charge is -2.14. The minimum absolute atomic E-state index is 0.0497. The van der Waals surface area contributed by atoms with Gasteiger partial charge in [-0.25, -0.2) is 9.18 Å². The van der Waals surface area contributed by atoms with Crippen molar-refractivity contribution in [1.29, 1.82) is 0 Å². The molecule has 26 heavy (non-hydrogen) atoms. The van der Waals surface area contributed by atoms with Gasteiger partial charge in [0.1, 0.15) is 0 Å². The van der Waals surface area contributed by atoms with Gasteiger partial charge < -0.3 is 20.8 Å². The van der Waals surface area contributed by atoms with E-state index < -0.39 is 23.7 Å². The normalized spacial score (nSPS) is 11.9. The highest BCUT2D eigenvalue weighted by molar-refractivity contribution is 5.83. The predicted molar refractivity (Wildman–Crippen MR) is 97.2 cm³/mol. The van der Waals surface area contributed by atoms with Crippen molar-refractivity contribution in [2.75, 3.05) is 6.54 Å². The number of amides is 2. The molecule has 0 bridgehead atoms. The molecule has 4 N–H and O–H groups in total. The fourth-order valence-corrected chi connectivity index (χ4v) is 2.63. The first-order valence-electron chi connectivity index (χ1n) is 8.19. The van der Waals surface area contributed by atoms with E-state index in [1.807, 2.05) is 42.5 Å². The minimum atomic E-state index is -0.837. The zero-order chi connectivity index (χ0) is 18.5. The van der Waals surface area contributed by atoms with Crippen LogP contribution in [-0.2, 0) is 6.54 Å². The lowest BCUT2D eigenvalue weighted by atomic mass is 10.0. The molecule has 0 saturated heterocycles. The van der Waals surface area contributed by atoms with E-state index in [-0.39, 0.29) is 13.1 Å². The maximum atomic E-state index is 13.2. The number of hydrogen-bond acceptors (Lipinski definition) is 3. The topological polar surface area (TPSA) is 81.6 Å². The number of hydrogen-bond donors (Lipinski definition) is 4. The number of nitrogens with one attached hydrogen (secondary N) is 2. The Morgan fingerprint density at radius 3 is 2.54 bits per heavy atom. The summed E-state index contributed by atoms with van der Waals surface area (Å²) in [5, 5.41) is 26.6. The van der Waals surface area contributed by atoms with Crippen LogP contribution in [0.1, 0.15) is 17.2 Å². The number of aliphatic hydroxyl groups is 1. The van der Waals surface area contributed by atoms with E-state index in [0.717, 1.165) is 16.8 Å². The molecule has 3 rings (SSSR count). The van der Waals surface area contributed by atoms with Crippen molar-refractivity contribution >= 4 is 16.8 Å². The summed E-state index contributed by atoms with van der Waals surface area (Å²) >= 11 is 0. The summed E-state index contributed by atoms with van der Waals surface area (Å²) in [5.41, 5.74) is 1.23. The molecule has 0 aliphatic carbocycles. The molecule has 5 nitrogen and oxygen atoms in total. The van der Waals surface area contributed by atoms with Crippen molar-refractivity contribution in [1.82, 2.24) is 10.6 Å². The highest BCUT2D eigenvalue weighted by Crippen LogP contribution is 2.20. The molecule has 0 spiro atoms. The first-order chi connectivity index (χ1) is 12.5. The summed E-state index contributed by atoms with van der Waals surface area (Å²) < 4.78 is 13.2. The van der Waals surface area contributed by atoms with Crippen molar-refractivity contribution in [2.24, 2.45) is 0 Å². The second-order valence-corrected chi connectivity index (χ2v) is 5.97. The molecule has 2 amide bonds. The van der Waals surface area contributed by atoms with Gasteiger partial charge >= 0.3 is 6.03 Å². The number of phenols is 1. The Labute approximate surface area is 150 Å². The van der Waals surface area contributed by atoms with Crippen molar-refractivity contribution in [2.45, 2.75) is 12.6 Å². The Balaban J connectivity index is 1.52. The molecule has 1 unspecified atom stereocenters. The molecule has 6 heteroatoms. The molecule has 0 fully saturated rings. The molecule has 0 aliphatic heterocycles. The van der Waals surface area contributed by atoms with Crippen LogP contribution in [0.3, 0.4) is 0 Å². The quantitative estimate of drug-likeness (QED) is 0.568. The number of fused-ring (bicyclic) bond motifs is 1. The largest absolute Gasteiger partial charge is 0.505 e. The molecule has 3 aromatic carbocycles. The van der Waals surface area contributed by atoms with Gasteiger partial charge in [-0.2, -0.15) is 0 Å². The Bertz CT molecular complexity index is 930. The smallest absolute Gasteiger partial charge is 0.315 e. The van der Waals surface area contributed by atoms with E-state index in [1.165, 1.54) is 12.1 Å². The Morgan fingerprint density at radius 1 is 1.00 bits per heavy atom. The molecule has 0 aromatic heterocycles. The van der Waals surface area contributed by atoms with Crippen LogP contribution in [0.15, 0.2) is 60.7 Å². The van der Waals surface area contributed by atoms with Gasteiger partial charge in [-0.3, -0.25) is 0 Å². The summed E-state index contributed by atoms with van der Waals surface area (Å²) in [6.45, 7) is 0.156. The van der Waals surface area contributed by atoms with Gasteiger partial charge in [0.2, 0.25) is 0 Å². The van der Waals surface area contributed by atoms with Crippen molar-refractivity contribution < 1.29 is 19.4 Å². The average molecular weight is 354 g/mol. The Hall–Kier alpha value is -3.12. The Morgan fingerprint density at radius 2 is 1.77 bits per heavy atom. The zero-order valence-corrected chi connectivity index (χ0v) is 13.9. The SMILES string of the molecule is O=C(NCc1ccc(O)c(F)c1)NCC(O)c1ccc2ccccc2c1. The average Bonchev–Trinajstić information content (AvgIpc) is 2.66. The number of aliphatic hydroxyl groups excluding tert-OH is 1. The van der Waals surface area contributed by atoms with Crippen LogP contribution in [0.2, 0.25) is 0 Å². The van der Waals surface area contributed by atoms with Gasteiger partial charge in [0.05, 0.1) is 6.10 Å². The summed E-state index contributed by atoms with van der Waals surface area (Å²) in [6.07, 6.45) is -0.837. The fraction of sp³-hybridized carbons (Fsp3) is 0.150. The van der Waals surface area contributed by atoms with Crippen LogP contribution in [0.5, 0.6) is 5.75 Å². The van der Waals surface area contributed by atoms with Crippen molar-refractivity contribution in [3.05, 3.63) is 77.6 Å². The highest BCUT2D eigenvalue weighted by atomic mass is 19.1. The Kier molecular flexibility index (Phi) is 5.34. The summed E-state index contributed by atoms with van der Waals surface area (Å²) in [5.74, 6) is -1.17. The monoisotopic (exact) mass is 354 g/mol. The van der Waals surface area contributed by atoms with E-state index in [9.17, 15) is 14.3 Å². The number of phenolic OH excluding ortho intramolecular Hbond substituents is 1. The molecule has 0 saturated carbocycles. The fourth-order valence-electron chi connectivity index (χ4n) is 2.63. The molecule has 1 atom stereocenters. The third-order valence-corrected chi connectivity index (χ3v) is 4.08. The van der Waals surface area contributed by atoms with Gasteiger partial charge in [0.15, 0.2) is 11.6 Å². The molecular formula is C20H19FN2O3. The number of carbonyl (C=O) groups is 1. The number of aromatic hydroxyl groups is 1. The summed E-state index contributed by atoms with van der Waals surface area (Å²) in [7, 11) is 0. The first kappa shape index (κ1) is 17.7. The third kappa shape index (κ3) is 4.29. The van der Waals surface area contributed by atoms with Gasteiger partial charge in [-0.05, 0) is 40.1 Å². The zero-order valence-electron chi connectivity index (χ0n) is 13.9. The van der Waals surface area contributed by atoms with Crippen molar-refractivity contribution in [3.63, 3.8) is 0 Å². The molecule has 0 heterocycles. The van der Waals surface area contributed by atoms with E-state index in [4.69, 9.17) is 5.11 Å². The number of urea groups is 1. The van der Waals surface area contributed by atoms with Crippen molar-refractivity contribution in [3.8, 4) is 5.75 Å². The maximum Gasteiger partial charge on any atom is 0.315 e. The van der Waals surface area contributed by atoms with E-state index in [2.05, 4.69) is 10.6 Å². The molecule has 3 aromatic rings. The van der Waals surface area contributed by atoms with Gasteiger partial charge in [-0.1, -0.05) is 42.5 Å². The maximum absolute atomic E-state index is 13.2. The third-order valence-electron chi connectivity index (χ3n) is 4.08. The second-order valence-electron chi connectivity index (χ2n) is 5.97. The summed E-state index contributed by atoms with van der Waals surface area (Å²) in [6, 6.07) is 16.9. The van der Waals surface area contributed by atoms with Crippen LogP contribution in [0.25, 0.3) is 10.8 Å². The first-order valence-corrected chi connectivity index (χ1v) is 8.19. The van der Waals surface area contributed by atoms with Gasteiger partial charge in [0.25, 0.3) is 0 Å². The highest BCUT2D eigenvalue weighted by Gasteiger charge is 2.10. The molecule has 0 radical (unpaired) electrons. The van der Waals surface area contributed by atoms with E-state index in [0.29, 0.717) is 11.1 Å². The predicted octanol–water partition coefficient (Wildman–Crippen LogP) is 3.22. The van der Waals surface area contributed by atoms with Crippen LogP contribution in [0, 0.1) is 5.82 Å². The number of carbonyl (C=O) groups excluding carboxylic acids is 1. The van der Waals surface area contributed by atoms with Crippen LogP contribution in [-0.4, -0.2) is 22.8 Å². The number of benzene rings is 3. The standard InChI is InChI=1S/C20H19FN2O3/c21-17-9-13(5-8-18(17)24)11-22-20(26)23-12-19(25)16-7-6-14-3-1-2-4-15(14)10-16/h1-10,19,24-25H,11-12H2,(H2,22,23,26). The lowest BCUT2D eigenvalue weighted by Crippen LogP contribution is -2.37.